The molecule has 1 aliphatic heterocycles. The van der Waals surface area contributed by atoms with Gasteiger partial charge in [-0.25, -0.2) is 4.79 Å². The van der Waals surface area contributed by atoms with Crippen LogP contribution in [0.3, 0.4) is 0 Å². The second-order valence-corrected chi connectivity index (χ2v) is 4.73. The molecule has 1 rings (SSSR count). The maximum atomic E-state index is 12.2. The lowest BCUT2D eigenvalue weighted by Gasteiger charge is -2.37. The highest BCUT2D eigenvalue weighted by Gasteiger charge is 2.28. The van der Waals surface area contributed by atoms with E-state index in [1.165, 1.54) is 0 Å². The van der Waals surface area contributed by atoms with E-state index in [0.29, 0.717) is 13.0 Å². The second kappa shape index (κ2) is 7.03. The van der Waals surface area contributed by atoms with Crippen molar-refractivity contribution in [2.75, 3.05) is 20.1 Å². The molecular formula is C13H22N2O3. The van der Waals surface area contributed by atoms with E-state index in [1.807, 2.05) is 4.90 Å². The van der Waals surface area contributed by atoms with E-state index in [9.17, 15) is 9.59 Å². The lowest BCUT2D eigenvalue weighted by Crippen LogP contribution is -2.49. The molecule has 0 saturated carbocycles. The Bertz CT molecular complexity index is 317. The van der Waals surface area contributed by atoms with Gasteiger partial charge in [-0.3, -0.25) is 4.79 Å². The van der Waals surface area contributed by atoms with Gasteiger partial charge in [-0.05, 0) is 25.7 Å². The summed E-state index contributed by atoms with van der Waals surface area (Å²) in [7, 11) is 1.74. The molecule has 0 aliphatic carbocycles. The Balaban J connectivity index is 2.60. The summed E-state index contributed by atoms with van der Waals surface area (Å²) in [5.41, 5.74) is 0. The van der Waals surface area contributed by atoms with Gasteiger partial charge < -0.3 is 14.9 Å². The molecule has 1 heterocycles. The first-order valence-electron chi connectivity index (χ1n) is 6.40. The Labute approximate surface area is 108 Å². The van der Waals surface area contributed by atoms with Crippen molar-refractivity contribution in [2.45, 2.75) is 38.1 Å². The Morgan fingerprint density at radius 2 is 2.22 bits per heavy atom. The first-order chi connectivity index (χ1) is 8.56. The van der Waals surface area contributed by atoms with Crippen molar-refractivity contribution in [1.82, 2.24) is 9.80 Å². The maximum absolute atomic E-state index is 12.2. The van der Waals surface area contributed by atoms with Crippen molar-refractivity contribution >= 4 is 12.0 Å². The molecular weight excluding hydrogens is 232 g/mol. The van der Waals surface area contributed by atoms with Crippen LogP contribution in [0.2, 0.25) is 0 Å². The van der Waals surface area contributed by atoms with Gasteiger partial charge in [0.1, 0.15) is 0 Å². The molecule has 1 unspecified atom stereocenters. The highest BCUT2D eigenvalue weighted by Crippen LogP contribution is 2.22. The first kappa shape index (κ1) is 14.5. The van der Waals surface area contributed by atoms with E-state index in [0.717, 1.165) is 25.8 Å². The monoisotopic (exact) mass is 254 g/mol. The molecule has 0 aromatic carbocycles. The number of amides is 2. The number of carbonyl (C=O) groups is 2. The van der Waals surface area contributed by atoms with Gasteiger partial charge in [0.2, 0.25) is 0 Å². The minimum Gasteiger partial charge on any atom is -0.481 e. The van der Waals surface area contributed by atoms with Crippen molar-refractivity contribution in [3.8, 4) is 0 Å². The Hall–Kier alpha value is -1.52. The van der Waals surface area contributed by atoms with Crippen LogP contribution < -0.4 is 0 Å². The normalized spacial score (nSPS) is 19.4. The van der Waals surface area contributed by atoms with Crippen molar-refractivity contribution in [3.05, 3.63) is 12.7 Å². The summed E-state index contributed by atoms with van der Waals surface area (Å²) in [6.07, 6.45) is 5.33. The number of carboxylic acid groups (broad SMARTS) is 1. The average molecular weight is 254 g/mol. The van der Waals surface area contributed by atoms with Gasteiger partial charge >= 0.3 is 12.0 Å². The Morgan fingerprint density at radius 1 is 1.50 bits per heavy atom. The van der Waals surface area contributed by atoms with Gasteiger partial charge in [0.15, 0.2) is 0 Å². The van der Waals surface area contributed by atoms with Crippen molar-refractivity contribution in [1.29, 1.82) is 0 Å². The SMILES string of the molecule is C=CCN(C)C(=O)N1CCCCC1CCC(=O)O. The smallest absolute Gasteiger partial charge is 0.320 e. The summed E-state index contributed by atoms with van der Waals surface area (Å²) < 4.78 is 0. The van der Waals surface area contributed by atoms with Crippen LogP contribution in [0.25, 0.3) is 0 Å². The zero-order valence-electron chi connectivity index (χ0n) is 11.0. The number of rotatable bonds is 5. The number of likely N-dealkylation sites (N-methyl/N-ethyl adjacent to an activating group) is 1. The predicted molar refractivity (Wildman–Crippen MR) is 69.4 cm³/mol. The number of hydrogen-bond acceptors (Lipinski definition) is 2. The number of urea groups is 1. The third-order valence-electron chi connectivity index (χ3n) is 3.29. The fourth-order valence-corrected chi connectivity index (χ4v) is 2.33. The zero-order chi connectivity index (χ0) is 13.5. The van der Waals surface area contributed by atoms with Gasteiger partial charge in [-0.1, -0.05) is 6.08 Å². The van der Waals surface area contributed by atoms with Gasteiger partial charge in [0, 0.05) is 32.6 Å². The fraction of sp³-hybridized carbons (Fsp3) is 0.692. The molecule has 0 aromatic heterocycles. The number of carboxylic acids is 1. The molecule has 0 bridgehead atoms. The van der Waals surface area contributed by atoms with Crippen LogP contribution in [0.5, 0.6) is 0 Å². The third kappa shape index (κ3) is 4.05. The molecule has 5 nitrogen and oxygen atoms in total. The molecule has 5 heteroatoms. The number of likely N-dealkylation sites (tertiary alicyclic amines) is 1. The number of carbonyl (C=O) groups excluding carboxylic acids is 1. The van der Waals surface area contributed by atoms with Crippen molar-refractivity contribution in [3.63, 3.8) is 0 Å². The summed E-state index contributed by atoms with van der Waals surface area (Å²) in [6, 6.07) is 0.0413. The second-order valence-electron chi connectivity index (χ2n) is 4.73. The van der Waals surface area contributed by atoms with Crippen molar-refractivity contribution < 1.29 is 14.7 Å². The van der Waals surface area contributed by atoms with E-state index >= 15 is 0 Å². The summed E-state index contributed by atoms with van der Waals surface area (Å²) in [5.74, 6) is -0.799. The number of nitrogens with zero attached hydrogens (tertiary/aromatic N) is 2. The van der Waals surface area contributed by atoms with E-state index in [2.05, 4.69) is 6.58 Å². The van der Waals surface area contributed by atoms with E-state index in [4.69, 9.17) is 5.11 Å². The fourth-order valence-electron chi connectivity index (χ4n) is 2.33. The van der Waals surface area contributed by atoms with Gasteiger partial charge in [-0.2, -0.15) is 0 Å². The third-order valence-corrected chi connectivity index (χ3v) is 3.29. The minimum absolute atomic E-state index is 0.0232. The standard InChI is InChI=1S/C13H22N2O3/c1-3-9-14(2)13(18)15-10-5-4-6-11(15)7-8-12(16)17/h3,11H,1,4-10H2,2H3,(H,16,17). The average Bonchev–Trinajstić information content (AvgIpc) is 2.36. The molecule has 0 spiro atoms. The molecule has 1 N–H and O–H groups in total. The number of aliphatic carboxylic acids is 1. The maximum Gasteiger partial charge on any atom is 0.320 e. The van der Waals surface area contributed by atoms with Gasteiger partial charge in [-0.15, -0.1) is 6.58 Å². The Kier molecular flexibility index (Phi) is 5.68. The molecule has 1 fully saturated rings. The first-order valence-corrected chi connectivity index (χ1v) is 6.40. The quantitative estimate of drug-likeness (QED) is 0.763. The summed E-state index contributed by atoms with van der Waals surface area (Å²) in [6.45, 7) is 4.86. The van der Waals surface area contributed by atoms with E-state index in [-0.39, 0.29) is 18.5 Å². The van der Waals surface area contributed by atoms with Crippen LogP contribution >= 0.6 is 0 Å². The summed E-state index contributed by atoms with van der Waals surface area (Å²) >= 11 is 0. The molecule has 1 atom stereocenters. The predicted octanol–water partition coefficient (Wildman–Crippen LogP) is 1.94. The summed E-state index contributed by atoms with van der Waals surface area (Å²) in [4.78, 5) is 26.3. The highest BCUT2D eigenvalue weighted by atomic mass is 16.4. The van der Waals surface area contributed by atoms with E-state index < -0.39 is 5.97 Å². The molecule has 18 heavy (non-hydrogen) atoms. The zero-order valence-corrected chi connectivity index (χ0v) is 11.0. The largest absolute Gasteiger partial charge is 0.481 e. The topological polar surface area (TPSA) is 60.9 Å². The number of piperidine rings is 1. The van der Waals surface area contributed by atoms with Gasteiger partial charge in [0.25, 0.3) is 0 Å². The van der Waals surface area contributed by atoms with Crippen LogP contribution in [0.1, 0.15) is 32.1 Å². The lowest BCUT2D eigenvalue weighted by atomic mass is 9.98. The van der Waals surface area contributed by atoms with Crippen LogP contribution in [0, 0.1) is 0 Å². The molecule has 2 amide bonds. The van der Waals surface area contributed by atoms with E-state index in [1.54, 1.807) is 18.0 Å². The van der Waals surface area contributed by atoms with Crippen molar-refractivity contribution in [2.24, 2.45) is 0 Å². The Morgan fingerprint density at radius 3 is 2.83 bits per heavy atom. The molecule has 102 valence electrons. The van der Waals surface area contributed by atoms with Crippen LogP contribution in [-0.2, 0) is 4.79 Å². The van der Waals surface area contributed by atoms with Gasteiger partial charge in [0.05, 0.1) is 0 Å². The minimum atomic E-state index is -0.799. The van der Waals surface area contributed by atoms with Crippen LogP contribution in [0.15, 0.2) is 12.7 Å². The van der Waals surface area contributed by atoms with Crippen LogP contribution in [-0.4, -0.2) is 53.1 Å². The lowest BCUT2D eigenvalue weighted by molar-refractivity contribution is -0.137. The number of hydrogen-bond donors (Lipinski definition) is 1. The molecule has 0 radical (unpaired) electrons. The summed E-state index contributed by atoms with van der Waals surface area (Å²) in [5, 5.41) is 8.74. The van der Waals surface area contributed by atoms with Crippen LogP contribution in [0.4, 0.5) is 4.79 Å². The highest BCUT2D eigenvalue weighted by molar-refractivity contribution is 5.75. The molecule has 0 aromatic rings. The molecule has 1 aliphatic rings. The molecule has 1 saturated heterocycles.